The summed E-state index contributed by atoms with van der Waals surface area (Å²) < 4.78 is 11.1. The maximum Gasteiger partial charge on any atom is 0.223 e. The van der Waals surface area contributed by atoms with Gasteiger partial charge >= 0.3 is 0 Å². The summed E-state index contributed by atoms with van der Waals surface area (Å²) in [6.07, 6.45) is 2.42. The summed E-state index contributed by atoms with van der Waals surface area (Å²) in [5, 5.41) is 0. The van der Waals surface area contributed by atoms with Crippen LogP contribution in [0.4, 0.5) is 0 Å². The van der Waals surface area contributed by atoms with Crippen LogP contribution in [-0.4, -0.2) is 31.6 Å². The number of methoxy groups -OCH3 is 2. The van der Waals surface area contributed by atoms with Crippen LogP contribution in [0, 0.1) is 11.3 Å². The Morgan fingerprint density at radius 1 is 1.10 bits per heavy atom. The second-order valence-electron chi connectivity index (χ2n) is 9.63. The molecule has 2 aromatic carbocycles. The first-order valence-corrected chi connectivity index (χ1v) is 10.8. The number of benzene rings is 2. The van der Waals surface area contributed by atoms with Gasteiger partial charge in [-0.05, 0) is 53.0 Å². The monoisotopic (exact) mass is 409 g/mol. The van der Waals surface area contributed by atoms with Crippen molar-refractivity contribution in [2.24, 2.45) is 11.3 Å². The molecule has 2 atom stereocenters. The molecule has 0 fully saturated rings. The van der Waals surface area contributed by atoms with Gasteiger partial charge in [-0.1, -0.05) is 58.0 Å². The summed E-state index contributed by atoms with van der Waals surface area (Å²) in [6.45, 7) is 9.60. The fourth-order valence-electron chi connectivity index (χ4n) is 4.74. The van der Waals surface area contributed by atoms with Gasteiger partial charge in [0.1, 0.15) is 0 Å². The highest BCUT2D eigenvalue weighted by molar-refractivity contribution is 5.78. The van der Waals surface area contributed by atoms with E-state index in [9.17, 15) is 4.79 Å². The Bertz CT molecular complexity index is 870. The molecule has 30 heavy (non-hydrogen) atoms. The molecule has 3 rings (SSSR count). The molecule has 2 aromatic rings. The SMILES string of the molecule is COc1cc2c(cc1OC)[C@H](c1ccccc1)N(C(=O)C[C@H](C)CC(C)(C)C)CC2. The van der Waals surface area contributed by atoms with Crippen molar-refractivity contribution >= 4 is 5.91 Å². The van der Waals surface area contributed by atoms with Crippen LogP contribution < -0.4 is 9.47 Å². The van der Waals surface area contributed by atoms with Gasteiger partial charge in [0, 0.05) is 13.0 Å². The van der Waals surface area contributed by atoms with Gasteiger partial charge in [-0.2, -0.15) is 0 Å². The second kappa shape index (κ2) is 9.11. The van der Waals surface area contributed by atoms with Crippen molar-refractivity contribution in [2.75, 3.05) is 20.8 Å². The van der Waals surface area contributed by atoms with Crippen molar-refractivity contribution in [3.63, 3.8) is 0 Å². The third-order valence-electron chi connectivity index (χ3n) is 5.79. The summed E-state index contributed by atoms with van der Waals surface area (Å²) >= 11 is 0. The van der Waals surface area contributed by atoms with Gasteiger partial charge in [-0.15, -0.1) is 0 Å². The molecule has 162 valence electrons. The van der Waals surface area contributed by atoms with Crippen LogP contribution in [0.2, 0.25) is 0 Å². The molecule has 1 heterocycles. The summed E-state index contributed by atoms with van der Waals surface area (Å²) in [6, 6.07) is 14.3. The Labute approximate surface area is 181 Å². The number of nitrogens with zero attached hydrogens (tertiary/aromatic N) is 1. The molecule has 0 saturated carbocycles. The Kier molecular flexibility index (Phi) is 6.74. The van der Waals surface area contributed by atoms with Gasteiger partial charge < -0.3 is 14.4 Å². The Morgan fingerprint density at radius 2 is 1.73 bits per heavy atom. The molecule has 0 N–H and O–H groups in total. The minimum Gasteiger partial charge on any atom is -0.493 e. The van der Waals surface area contributed by atoms with Gasteiger partial charge in [-0.3, -0.25) is 4.79 Å². The lowest BCUT2D eigenvalue weighted by Crippen LogP contribution is -2.41. The van der Waals surface area contributed by atoms with Crippen molar-refractivity contribution in [2.45, 2.75) is 53.0 Å². The predicted octanol–water partition coefficient (Wildman–Crippen LogP) is 5.64. The van der Waals surface area contributed by atoms with Crippen molar-refractivity contribution in [1.29, 1.82) is 0 Å². The van der Waals surface area contributed by atoms with Crippen LogP contribution in [0.3, 0.4) is 0 Å². The Morgan fingerprint density at radius 3 is 2.33 bits per heavy atom. The number of ether oxygens (including phenoxy) is 2. The number of fused-ring (bicyclic) bond motifs is 1. The lowest BCUT2D eigenvalue weighted by Gasteiger charge is -2.39. The molecular formula is C26H35NO3. The molecule has 4 heteroatoms. The molecule has 0 radical (unpaired) electrons. The van der Waals surface area contributed by atoms with Gasteiger partial charge in [0.15, 0.2) is 11.5 Å². The number of hydrogen-bond acceptors (Lipinski definition) is 3. The number of rotatable bonds is 6. The van der Waals surface area contributed by atoms with E-state index in [1.165, 1.54) is 5.56 Å². The van der Waals surface area contributed by atoms with E-state index in [2.05, 4.69) is 50.8 Å². The molecule has 0 unspecified atom stereocenters. The standard InChI is InChI=1S/C26H35NO3/c1-18(17-26(2,3)4)14-24(28)27-13-12-20-15-22(29-5)23(30-6)16-21(20)25(27)19-10-8-7-9-11-19/h7-11,15-16,18,25H,12-14,17H2,1-6H3/t18-,25-/m0/s1. The van der Waals surface area contributed by atoms with Crippen molar-refractivity contribution in [3.05, 3.63) is 59.2 Å². The van der Waals surface area contributed by atoms with Crippen molar-refractivity contribution in [3.8, 4) is 11.5 Å². The zero-order valence-corrected chi connectivity index (χ0v) is 19.2. The zero-order chi connectivity index (χ0) is 21.9. The molecule has 0 spiro atoms. The van der Waals surface area contributed by atoms with Crippen LogP contribution >= 0.6 is 0 Å². The van der Waals surface area contributed by atoms with E-state index in [1.54, 1.807) is 14.2 Å². The first-order valence-electron chi connectivity index (χ1n) is 10.8. The average molecular weight is 410 g/mol. The maximum absolute atomic E-state index is 13.4. The topological polar surface area (TPSA) is 38.8 Å². The number of carbonyl (C=O) groups is 1. The van der Waals surface area contributed by atoms with Crippen molar-refractivity contribution in [1.82, 2.24) is 4.90 Å². The smallest absolute Gasteiger partial charge is 0.223 e. The molecular weight excluding hydrogens is 374 g/mol. The highest BCUT2D eigenvalue weighted by atomic mass is 16.5. The maximum atomic E-state index is 13.4. The zero-order valence-electron chi connectivity index (χ0n) is 19.2. The molecule has 1 aliphatic rings. The van der Waals surface area contributed by atoms with E-state index in [0.717, 1.165) is 29.7 Å². The predicted molar refractivity (Wildman–Crippen MR) is 121 cm³/mol. The molecule has 0 saturated heterocycles. The molecule has 0 aromatic heterocycles. The largest absolute Gasteiger partial charge is 0.493 e. The average Bonchev–Trinajstić information content (AvgIpc) is 2.70. The van der Waals surface area contributed by atoms with E-state index in [1.807, 2.05) is 24.3 Å². The van der Waals surface area contributed by atoms with E-state index >= 15 is 0 Å². The van der Waals surface area contributed by atoms with Crippen molar-refractivity contribution < 1.29 is 14.3 Å². The van der Waals surface area contributed by atoms with E-state index in [0.29, 0.717) is 24.6 Å². The lowest BCUT2D eigenvalue weighted by atomic mass is 9.83. The molecule has 0 bridgehead atoms. The quantitative estimate of drug-likeness (QED) is 0.620. The van der Waals surface area contributed by atoms with Crippen LogP contribution in [0.5, 0.6) is 11.5 Å². The van der Waals surface area contributed by atoms with Gasteiger partial charge in [0.05, 0.1) is 20.3 Å². The van der Waals surface area contributed by atoms with Crippen LogP contribution in [0.15, 0.2) is 42.5 Å². The fraction of sp³-hybridized carbons (Fsp3) is 0.500. The second-order valence-corrected chi connectivity index (χ2v) is 9.63. The molecule has 1 aliphatic heterocycles. The molecule has 1 amide bonds. The summed E-state index contributed by atoms with van der Waals surface area (Å²) in [7, 11) is 3.32. The fourth-order valence-corrected chi connectivity index (χ4v) is 4.74. The summed E-state index contributed by atoms with van der Waals surface area (Å²) in [5.41, 5.74) is 3.69. The molecule has 4 nitrogen and oxygen atoms in total. The summed E-state index contributed by atoms with van der Waals surface area (Å²) in [4.78, 5) is 15.5. The third kappa shape index (κ3) is 4.97. The normalized spacial score (nSPS) is 17.3. The number of hydrogen-bond donors (Lipinski definition) is 0. The van der Waals surface area contributed by atoms with Crippen LogP contribution in [0.1, 0.15) is 63.3 Å². The lowest BCUT2D eigenvalue weighted by molar-refractivity contribution is -0.134. The van der Waals surface area contributed by atoms with Gasteiger partial charge in [0.2, 0.25) is 5.91 Å². The number of carbonyl (C=O) groups excluding carboxylic acids is 1. The van der Waals surface area contributed by atoms with Crippen LogP contribution in [0.25, 0.3) is 0 Å². The van der Waals surface area contributed by atoms with Gasteiger partial charge in [-0.25, -0.2) is 0 Å². The highest BCUT2D eigenvalue weighted by Crippen LogP contribution is 2.41. The van der Waals surface area contributed by atoms with Crippen LogP contribution in [-0.2, 0) is 11.2 Å². The number of amides is 1. The van der Waals surface area contributed by atoms with Gasteiger partial charge in [0.25, 0.3) is 0 Å². The molecule has 0 aliphatic carbocycles. The summed E-state index contributed by atoms with van der Waals surface area (Å²) in [5.74, 6) is 2.01. The highest BCUT2D eigenvalue weighted by Gasteiger charge is 2.34. The van der Waals surface area contributed by atoms with E-state index < -0.39 is 0 Å². The first kappa shape index (κ1) is 22.2. The minimum atomic E-state index is -0.107. The van der Waals surface area contributed by atoms with E-state index in [4.69, 9.17) is 9.47 Å². The van der Waals surface area contributed by atoms with E-state index in [-0.39, 0.29) is 17.4 Å². The minimum absolute atomic E-state index is 0.107. The third-order valence-corrected chi connectivity index (χ3v) is 5.79. The Hall–Kier alpha value is -2.49. The Balaban J connectivity index is 1.98. The first-order chi connectivity index (χ1) is 14.2.